The molecule has 1 aliphatic carbocycles. The molecular formula is C11H18N2O. The third-order valence-electron chi connectivity index (χ3n) is 3.55. The van der Waals surface area contributed by atoms with Crippen LogP contribution < -0.4 is 0 Å². The summed E-state index contributed by atoms with van der Waals surface area (Å²) in [5.74, 6) is 1.12. The monoisotopic (exact) mass is 194 g/mol. The highest BCUT2D eigenvalue weighted by atomic mass is 16.3. The molecule has 0 aromatic carbocycles. The Morgan fingerprint density at radius 1 is 1.64 bits per heavy atom. The lowest BCUT2D eigenvalue weighted by Crippen LogP contribution is -2.19. The molecule has 1 heterocycles. The molecule has 78 valence electrons. The van der Waals surface area contributed by atoms with Gasteiger partial charge in [0.1, 0.15) is 5.82 Å². The van der Waals surface area contributed by atoms with Crippen molar-refractivity contribution in [2.75, 3.05) is 0 Å². The van der Waals surface area contributed by atoms with E-state index in [1.807, 2.05) is 26.4 Å². The van der Waals surface area contributed by atoms with Crippen LogP contribution >= 0.6 is 0 Å². The molecule has 0 radical (unpaired) electrons. The van der Waals surface area contributed by atoms with E-state index in [9.17, 15) is 5.11 Å². The van der Waals surface area contributed by atoms with Crippen molar-refractivity contribution in [3.63, 3.8) is 0 Å². The third-order valence-corrected chi connectivity index (χ3v) is 3.55. The lowest BCUT2D eigenvalue weighted by Gasteiger charge is -2.17. The van der Waals surface area contributed by atoms with Gasteiger partial charge in [-0.25, -0.2) is 4.98 Å². The summed E-state index contributed by atoms with van der Waals surface area (Å²) in [6.45, 7) is 1.91. The molecule has 1 aromatic heterocycles. The summed E-state index contributed by atoms with van der Waals surface area (Å²) in [5, 5.41) is 9.61. The van der Waals surface area contributed by atoms with Crippen molar-refractivity contribution in [3.05, 3.63) is 18.2 Å². The van der Waals surface area contributed by atoms with E-state index in [0.717, 1.165) is 18.7 Å². The number of imidazole rings is 1. The van der Waals surface area contributed by atoms with Gasteiger partial charge in [-0.2, -0.15) is 0 Å². The maximum atomic E-state index is 9.61. The molecule has 2 rings (SSSR count). The maximum absolute atomic E-state index is 9.61. The SMILES string of the molecule is CC(O)C1(CCc2nccn2C)CC1. The van der Waals surface area contributed by atoms with E-state index in [2.05, 4.69) is 9.55 Å². The molecule has 1 aromatic rings. The molecule has 1 aliphatic rings. The van der Waals surface area contributed by atoms with Crippen LogP contribution in [0.1, 0.15) is 32.0 Å². The fourth-order valence-corrected chi connectivity index (χ4v) is 2.04. The Morgan fingerprint density at radius 2 is 2.36 bits per heavy atom. The fraction of sp³-hybridized carbons (Fsp3) is 0.727. The van der Waals surface area contributed by atoms with Crippen molar-refractivity contribution in [3.8, 4) is 0 Å². The predicted octanol–water partition coefficient (Wildman–Crippen LogP) is 1.51. The van der Waals surface area contributed by atoms with Crippen molar-refractivity contribution in [2.24, 2.45) is 12.5 Å². The summed E-state index contributed by atoms with van der Waals surface area (Å²) in [5.41, 5.74) is 0.214. The quantitative estimate of drug-likeness (QED) is 0.789. The van der Waals surface area contributed by atoms with E-state index >= 15 is 0 Å². The highest BCUT2D eigenvalue weighted by Gasteiger charge is 2.46. The lowest BCUT2D eigenvalue weighted by molar-refractivity contribution is 0.104. The minimum Gasteiger partial charge on any atom is -0.393 e. The predicted molar refractivity (Wildman–Crippen MR) is 54.9 cm³/mol. The smallest absolute Gasteiger partial charge is 0.108 e. The molecular weight excluding hydrogens is 176 g/mol. The molecule has 0 spiro atoms. The Labute approximate surface area is 84.8 Å². The molecule has 1 fully saturated rings. The average Bonchev–Trinajstić information content (AvgIpc) is 2.83. The van der Waals surface area contributed by atoms with Gasteiger partial charge < -0.3 is 9.67 Å². The number of aryl methyl sites for hydroxylation is 2. The summed E-state index contributed by atoms with van der Waals surface area (Å²) in [7, 11) is 2.02. The van der Waals surface area contributed by atoms with E-state index in [4.69, 9.17) is 0 Å². The van der Waals surface area contributed by atoms with Crippen LogP contribution in [0.2, 0.25) is 0 Å². The largest absolute Gasteiger partial charge is 0.393 e. The van der Waals surface area contributed by atoms with Gasteiger partial charge >= 0.3 is 0 Å². The zero-order valence-electron chi connectivity index (χ0n) is 8.90. The first-order chi connectivity index (χ1) is 6.64. The maximum Gasteiger partial charge on any atom is 0.108 e. The number of aliphatic hydroxyl groups is 1. The number of aliphatic hydroxyl groups excluding tert-OH is 1. The van der Waals surface area contributed by atoms with Crippen LogP contribution in [0.4, 0.5) is 0 Å². The number of aromatic nitrogens is 2. The second-order valence-corrected chi connectivity index (χ2v) is 4.49. The highest BCUT2D eigenvalue weighted by Crippen LogP contribution is 2.52. The second-order valence-electron chi connectivity index (χ2n) is 4.49. The molecule has 3 heteroatoms. The normalized spacial score (nSPS) is 20.8. The van der Waals surface area contributed by atoms with Gasteiger partial charge in [0.2, 0.25) is 0 Å². The first-order valence-corrected chi connectivity index (χ1v) is 5.28. The van der Waals surface area contributed by atoms with Crippen LogP contribution in [0.5, 0.6) is 0 Å². The zero-order chi connectivity index (χ0) is 10.2. The fourth-order valence-electron chi connectivity index (χ4n) is 2.04. The van der Waals surface area contributed by atoms with Gasteiger partial charge in [0, 0.05) is 25.9 Å². The van der Waals surface area contributed by atoms with Gasteiger partial charge in [-0.3, -0.25) is 0 Å². The minimum absolute atomic E-state index is 0.164. The van der Waals surface area contributed by atoms with Gasteiger partial charge in [0.15, 0.2) is 0 Å². The van der Waals surface area contributed by atoms with Gasteiger partial charge in [-0.1, -0.05) is 0 Å². The van der Waals surface area contributed by atoms with E-state index in [1.165, 1.54) is 12.8 Å². The Hall–Kier alpha value is -0.830. The van der Waals surface area contributed by atoms with Crippen LogP contribution in [-0.2, 0) is 13.5 Å². The Kier molecular flexibility index (Phi) is 2.35. The third kappa shape index (κ3) is 1.69. The van der Waals surface area contributed by atoms with E-state index in [-0.39, 0.29) is 11.5 Å². The van der Waals surface area contributed by atoms with Crippen LogP contribution in [0, 0.1) is 5.41 Å². The van der Waals surface area contributed by atoms with Crippen molar-refractivity contribution in [1.29, 1.82) is 0 Å². The molecule has 1 saturated carbocycles. The van der Waals surface area contributed by atoms with Crippen LogP contribution in [0.25, 0.3) is 0 Å². The summed E-state index contributed by atoms with van der Waals surface area (Å²) < 4.78 is 2.05. The molecule has 0 amide bonds. The van der Waals surface area contributed by atoms with Gasteiger partial charge in [-0.15, -0.1) is 0 Å². The van der Waals surface area contributed by atoms with Crippen LogP contribution in [0.15, 0.2) is 12.4 Å². The summed E-state index contributed by atoms with van der Waals surface area (Å²) >= 11 is 0. The molecule has 1 N–H and O–H groups in total. The molecule has 1 unspecified atom stereocenters. The first kappa shape index (κ1) is 9.71. The zero-order valence-corrected chi connectivity index (χ0v) is 8.90. The minimum atomic E-state index is -0.164. The standard InChI is InChI=1S/C11H18N2O/c1-9(14)11(5-6-11)4-3-10-12-7-8-13(10)2/h7-9,14H,3-6H2,1-2H3. The van der Waals surface area contributed by atoms with Crippen LogP contribution in [0.3, 0.4) is 0 Å². The Bertz CT molecular complexity index is 313. The van der Waals surface area contributed by atoms with Crippen molar-refractivity contribution in [2.45, 2.75) is 38.7 Å². The summed E-state index contributed by atoms with van der Waals surface area (Å²) in [6.07, 6.45) is 8.03. The molecule has 3 nitrogen and oxygen atoms in total. The van der Waals surface area contributed by atoms with E-state index in [1.54, 1.807) is 0 Å². The highest BCUT2D eigenvalue weighted by molar-refractivity contribution is 5.01. The van der Waals surface area contributed by atoms with E-state index in [0.29, 0.717) is 0 Å². The second kappa shape index (κ2) is 3.39. The number of hydrogen-bond donors (Lipinski definition) is 1. The van der Waals surface area contributed by atoms with Gasteiger partial charge in [0.05, 0.1) is 6.10 Å². The van der Waals surface area contributed by atoms with Crippen molar-refractivity contribution >= 4 is 0 Å². The Balaban J connectivity index is 1.92. The average molecular weight is 194 g/mol. The van der Waals surface area contributed by atoms with Gasteiger partial charge in [-0.05, 0) is 31.6 Å². The molecule has 14 heavy (non-hydrogen) atoms. The molecule has 0 bridgehead atoms. The molecule has 0 saturated heterocycles. The van der Waals surface area contributed by atoms with Crippen molar-refractivity contribution < 1.29 is 5.11 Å². The van der Waals surface area contributed by atoms with Crippen molar-refractivity contribution in [1.82, 2.24) is 9.55 Å². The molecule has 0 aliphatic heterocycles. The van der Waals surface area contributed by atoms with Crippen LogP contribution in [-0.4, -0.2) is 20.8 Å². The summed E-state index contributed by atoms with van der Waals surface area (Å²) in [4.78, 5) is 4.29. The van der Waals surface area contributed by atoms with E-state index < -0.39 is 0 Å². The molecule has 1 atom stereocenters. The Morgan fingerprint density at radius 3 is 2.79 bits per heavy atom. The summed E-state index contributed by atoms with van der Waals surface area (Å²) in [6, 6.07) is 0. The topological polar surface area (TPSA) is 38.1 Å². The number of nitrogens with zero attached hydrogens (tertiary/aromatic N) is 2. The number of rotatable bonds is 4. The lowest BCUT2D eigenvalue weighted by atomic mass is 9.94. The van der Waals surface area contributed by atoms with Gasteiger partial charge in [0.25, 0.3) is 0 Å². The number of hydrogen-bond acceptors (Lipinski definition) is 2. The first-order valence-electron chi connectivity index (χ1n) is 5.28.